The average molecular weight is 344 g/mol. The largest absolute Gasteiger partial charge is 0.317 e. The summed E-state index contributed by atoms with van der Waals surface area (Å²) in [5.41, 5.74) is 2.36. The van der Waals surface area contributed by atoms with Crippen LogP contribution in [-0.2, 0) is 4.79 Å². The van der Waals surface area contributed by atoms with Gasteiger partial charge in [-0.1, -0.05) is 60.7 Å². The second-order valence-corrected chi connectivity index (χ2v) is 6.28. The fourth-order valence-electron chi connectivity index (χ4n) is 3.08. The quantitative estimate of drug-likeness (QED) is 0.507. The van der Waals surface area contributed by atoms with Crippen molar-refractivity contribution in [3.05, 3.63) is 84.1 Å². The minimum absolute atomic E-state index is 0.105. The number of anilines is 1. The topological polar surface area (TPSA) is 23.6 Å². The van der Waals surface area contributed by atoms with Gasteiger partial charge in [0.25, 0.3) is 5.91 Å². The van der Waals surface area contributed by atoms with Crippen LogP contribution in [0.15, 0.2) is 78.5 Å². The number of likely N-dealkylation sites (N-methyl/N-ethyl adjacent to an activating group) is 1. The summed E-state index contributed by atoms with van der Waals surface area (Å²) >= 11 is 5.50. The van der Waals surface area contributed by atoms with Crippen LogP contribution in [0.1, 0.15) is 5.56 Å². The number of hydrogen-bond acceptors (Lipinski definition) is 2. The summed E-state index contributed by atoms with van der Waals surface area (Å²) in [6, 6.07) is 23.7. The molecule has 3 nitrogen and oxygen atoms in total. The third-order valence-electron chi connectivity index (χ3n) is 4.39. The van der Waals surface area contributed by atoms with Crippen molar-refractivity contribution in [2.24, 2.45) is 0 Å². The Morgan fingerprint density at radius 1 is 0.880 bits per heavy atom. The van der Waals surface area contributed by atoms with Crippen molar-refractivity contribution < 1.29 is 4.79 Å². The van der Waals surface area contributed by atoms with Crippen molar-refractivity contribution in [3.8, 4) is 0 Å². The molecular formula is C21H16N2OS. The number of carbonyl (C=O) groups is 1. The molecular weight excluding hydrogens is 328 g/mol. The van der Waals surface area contributed by atoms with E-state index in [9.17, 15) is 4.79 Å². The Morgan fingerprint density at radius 2 is 1.56 bits per heavy atom. The zero-order chi connectivity index (χ0) is 17.4. The number of benzene rings is 3. The minimum Gasteiger partial charge on any atom is -0.317 e. The van der Waals surface area contributed by atoms with E-state index in [1.165, 1.54) is 0 Å². The molecule has 0 atom stereocenters. The van der Waals surface area contributed by atoms with Crippen LogP contribution in [0.2, 0.25) is 0 Å². The maximum absolute atomic E-state index is 13.0. The minimum atomic E-state index is -0.105. The Hall–Kier alpha value is -2.98. The van der Waals surface area contributed by atoms with Gasteiger partial charge in [-0.15, -0.1) is 0 Å². The van der Waals surface area contributed by atoms with Crippen molar-refractivity contribution in [3.63, 3.8) is 0 Å². The van der Waals surface area contributed by atoms with Crippen LogP contribution >= 0.6 is 12.2 Å². The first kappa shape index (κ1) is 15.5. The van der Waals surface area contributed by atoms with Crippen LogP contribution in [-0.4, -0.2) is 23.0 Å². The van der Waals surface area contributed by atoms with Crippen LogP contribution in [0.5, 0.6) is 0 Å². The lowest BCUT2D eigenvalue weighted by Crippen LogP contribution is -2.30. The first-order valence-electron chi connectivity index (χ1n) is 8.03. The van der Waals surface area contributed by atoms with Gasteiger partial charge >= 0.3 is 0 Å². The number of rotatable bonds is 2. The van der Waals surface area contributed by atoms with E-state index in [-0.39, 0.29) is 5.91 Å². The molecule has 1 aliphatic rings. The highest BCUT2D eigenvalue weighted by Crippen LogP contribution is 2.29. The molecule has 0 unspecified atom stereocenters. The van der Waals surface area contributed by atoms with Crippen molar-refractivity contribution >= 4 is 45.8 Å². The van der Waals surface area contributed by atoms with Crippen molar-refractivity contribution in [1.82, 2.24) is 4.90 Å². The van der Waals surface area contributed by atoms with Crippen LogP contribution in [0.4, 0.5) is 5.69 Å². The van der Waals surface area contributed by atoms with Crippen molar-refractivity contribution in [2.45, 2.75) is 0 Å². The predicted molar refractivity (Wildman–Crippen MR) is 106 cm³/mol. The second kappa shape index (κ2) is 6.15. The van der Waals surface area contributed by atoms with Crippen LogP contribution in [0.25, 0.3) is 16.8 Å². The van der Waals surface area contributed by atoms with Crippen LogP contribution in [0, 0.1) is 0 Å². The second-order valence-electron chi connectivity index (χ2n) is 5.92. The van der Waals surface area contributed by atoms with E-state index in [0.717, 1.165) is 22.0 Å². The molecule has 0 saturated carbocycles. The molecule has 0 bridgehead atoms. The first-order valence-corrected chi connectivity index (χ1v) is 8.44. The summed E-state index contributed by atoms with van der Waals surface area (Å²) in [7, 11) is 1.83. The zero-order valence-corrected chi connectivity index (χ0v) is 14.5. The van der Waals surface area contributed by atoms with Gasteiger partial charge in [0, 0.05) is 7.05 Å². The lowest BCUT2D eigenvalue weighted by atomic mass is 10.0. The molecule has 0 N–H and O–H groups in total. The Labute approximate surface area is 151 Å². The molecule has 3 aromatic rings. The SMILES string of the molecule is CN1C(=S)N(c2ccccc2)C(=O)/C1=C/c1cccc2ccccc12. The van der Waals surface area contributed by atoms with E-state index < -0.39 is 0 Å². The van der Waals surface area contributed by atoms with Crippen molar-refractivity contribution in [2.75, 3.05) is 11.9 Å². The van der Waals surface area contributed by atoms with E-state index in [1.807, 2.05) is 67.7 Å². The van der Waals surface area contributed by atoms with Crippen molar-refractivity contribution in [1.29, 1.82) is 0 Å². The van der Waals surface area contributed by atoms with E-state index in [0.29, 0.717) is 10.8 Å². The third-order valence-corrected chi connectivity index (χ3v) is 4.85. The monoisotopic (exact) mass is 344 g/mol. The highest BCUT2D eigenvalue weighted by atomic mass is 32.1. The summed E-state index contributed by atoms with van der Waals surface area (Å²) in [4.78, 5) is 16.3. The summed E-state index contributed by atoms with van der Waals surface area (Å²) in [5, 5.41) is 2.75. The number of nitrogens with zero attached hydrogens (tertiary/aromatic N) is 2. The normalized spacial score (nSPS) is 16.3. The number of thiocarbonyl (C=S) groups is 1. The van der Waals surface area contributed by atoms with Crippen LogP contribution < -0.4 is 4.90 Å². The molecule has 4 rings (SSSR count). The Bertz CT molecular complexity index is 1010. The number of amides is 1. The molecule has 0 spiro atoms. The van der Waals surface area contributed by atoms with E-state index in [4.69, 9.17) is 12.2 Å². The molecule has 0 aliphatic carbocycles. The van der Waals surface area contributed by atoms with Gasteiger partial charge in [-0.2, -0.15) is 0 Å². The molecule has 4 heteroatoms. The lowest BCUT2D eigenvalue weighted by molar-refractivity contribution is -0.114. The predicted octanol–water partition coefficient (Wildman–Crippen LogP) is 4.44. The molecule has 1 aliphatic heterocycles. The molecule has 0 radical (unpaired) electrons. The van der Waals surface area contributed by atoms with E-state index >= 15 is 0 Å². The highest BCUT2D eigenvalue weighted by Gasteiger charge is 2.36. The molecule has 25 heavy (non-hydrogen) atoms. The van der Waals surface area contributed by atoms with Gasteiger partial charge in [-0.3, -0.25) is 9.69 Å². The van der Waals surface area contributed by atoms with E-state index in [2.05, 4.69) is 18.2 Å². The highest BCUT2D eigenvalue weighted by molar-refractivity contribution is 7.80. The molecule has 3 aromatic carbocycles. The summed E-state index contributed by atoms with van der Waals surface area (Å²) in [6.45, 7) is 0. The van der Waals surface area contributed by atoms with Crippen LogP contribution in [0.3, 0.4) is 0 Å². The van der Waals surface area contributed by atoms with Gasteiger partial charge in [0.2, 0.25) is 0 Å². The zero-order valence-electron chi connectivity index (χ0n) is 13.7. The summed E-state index contributed by atoms with van der Waals surface area (Å²) in [5.74, 6) is -0.105. The Morgan fingerprint density at radius 3 is 2.36 bits per heavy atom. The van der Waals surface area contributed by atoms with Gasteiger partial charge in [0.15, 0.2) is 5.11 Å². The number of para-hydroxylation sites is 1. The summed E-state index contributed by atoms with van der Waals surface area (Å²) in [6.07, 6.45) is 1.92. The van der Waals surface area contributed by atoms with Gasteiger partial charge in [-0.05, 0) is 46.8 Å². The van der Waals surface area contributed by atoms with Gasteiger partial charge in [0.1, 0.15) is 5.70 Å². The number of fused-ring (bicyclic) bond motifs is 1. The molecule has 122 valence electrons. The molecule has 0 aromatic heterocycles. The first-order chi connectivity index (χ1) is 12.2. The molecule has 1 fully saturated rings. The smallest absolute Gasteiger partial charge is 0.281 e. The van der Waals surface area contributed by atoms with Gasteiger partial charge < -0.3 is 4.90 Å². The summed E-state index contributed by atoms with van der Waals surface area (Å²) < 4.78 is 0. The van der Waals surface area contributed by atoms with Gasteiger partial charge in [0.05, 0.1) is 5.69 Å². The average Bonchev–Trinajstić information content (AvgIpc) is 2.86. The lowest BCUT2D eigenvalue weighted by Gasteiger charge is -2.16. The van der Waals surface area contributed by atoms with E-state index in [1.54, 1.807) is 9.80 Å². The standard InChI is InChI=1S/C21H16N2OS/c1-22-19(14-16-10-7-9-15-8-5-6-13-18(15)16)20(24)23(21(22)25)17-11-3-2-4-12-17/h2-14H,1H3/b19-14-. The van der Waals surface area contributed by atoms with Gasteiger partial charge in [-0.25, -0.2) is 0 Å². The molecule has 1 amide bonds. The maximum atomic E-state index is 13.0. The fraction of sp³-hybridized carbons (Fsp3) is 0.0476. The Kier molecular flexibility index (Phi) is 3.82. The molecule has 1 heterocycles. The number of hydrogen-bond donors (Lipinski definition) is 0. The number of carbonyl (C=O) groups excluding carboxylic acids is 1. The maximum Gasteiger partial charge on any atom is 0.281 e. The fourth-order valence-corrected chi connectivity index (χ4v) is 3.37. The third kappa shape index (κ3) is 2.61. The Balaban J connectivity index is 1.81. The molecule has 1 saturated heterocycles.